The topological polar surface area (TPSA) is 32.7 Å². The minimum Gasteiger partial charge on any atom is -0.537 e. The molecule has 171 valence electrons. The van der Waals surface area contributed by atoms with Gasteiger partial charge in [-0.1, -0.05) is 78.8 Å². The van der Waals surface area contributed by atoms with Gasteiger partial charge in [-0.05, 0) is 87.2 Å². The summed E-state index contributed by atoms with van der Waals surface area (Å²) in [6.07, 6.45) is 0. The van der Waals surface area contributed by atoms with Crippen molar-refractivity contribution in [1.29, 1.82) is 0 Å². The van der Waals surface area contributed by atoms with E-state index >= 15 is 0 Å². The van der Waals surface area contributed by atoms with E-state index < -0.39 is 0 Å². The zero-order valence-corrected chi connectivity index (χ0v) is 19.3. The molecule has 0 aliphatic carbocycles. The first-order valence-electron chi connectivity index (χ1n) is 13.1. The number of benzene rings is 6. The molecule has 0 spiro atoms. The summed E-state index contributed by atoms with van der Waals surface area (Å²) in [7, 11) is 0.624. The smallest absolute Gasteiger partial charge is 0.537 e. The van der Waals surface area contributed by atoms with Crippen molar-refractivity contribution in [3.05, 3.63) is 133 Å². The third kappa shape index (κ3) is 4.08. The highest BCUT2D eigenvalue weighted by molar-refractivity contribution is 6.17. The molecule has 0 aliphatic rings. The average molecular weight is 467 g/mol. The summed E-state index contributed by atoms with van der Waals surface area (Å²) in [6.45, 7) is 0. The summed E-state index contributed by atoms with van der Waals surface area (Å²) in [5, 5.41) is 13.7. The van der Waals surface area contributed by atoms with Gasteiger partial charge in [-0.15, -0.1) is 0 Å². The molecule has 6 rings (SSSR count). The first-order chi connectivity index (χ1) is 19.0. The minimum absolute atomic E-state index is 0.0844. The number of para-hydroxylation sites is 1. The van der Waals surface area contributed by atoms with Gasteiger partial charge in [-0.3, -0.25) is 0 Å². The summed E-state index contributed by atoms with van der Waals surface area (Å²) in [6, 6.07) is 37.3. The molecule has 4 heteroatoms. The van der Waals surface area contributed by atoms with Gasteiger partial charge in [-0.25, -0.2) is 0 Å². The number of anilines is 3. The molecule has 0 aliphatic heterocycles. The summed E-state index contributed by atoms with van der Waals surface area (Å²) < 4.78 is 30.2. The molecule has 0 bridgehead atoms. The third-order valence-electron chi connectivity index (χ3n) is 6.30. The van der Waals surface area contributed by atoms with Crippen molar-refractivity contribution in [2.24, 2.45) is 0 Å². The molecule has 0 amide bonds. The zero-order chi connectivity index (χ0) is 26.9. The maximum Gasteiger partial charge on any atom is 0.569 e. The van der Waals surface area contributed by atoms with Crippen LogP contribution in [0.2, 0.25) is 0 Å². The van der Waals surface area contributed by atoms with E-state index in [0.29, 0.717) is 24.8 Å². The monoisotopic (exact) mass is 467 g/mol. The lowest BCUT2D eigenvalue weighted by Gasteiger charge is -2.26. The molecule has 0 unspecified atom stereocenters. The highest BCUT2D eigenvalue weighted by Gasteiger charge is 2.14. The molecule has 0 fully saturated rings. The van der Waals surface area contributed by atoms with E-state index in [4.69, 9.17) is 13.8 Å². The predicted molar refractivity (Wildman–Crippen MR) is 150 cm³/mol. The van der Waals surface area contributed by atoms with E-state index in [2.05, 4.69) is 66.7 Å². The molecule has 0 saturated carbocycles. The second-order valence-electron chi connectivity index (χ2n) is 8.38. The lowest BCUT2D eigenvalue weighted by Crippen LogP contribution is -2.10. The lowest BCUT2D eigenvalue weighted by molar-refractivity contribution is 0.454. The van der Waals surface area contributed by atoms with Gasteiger partial charge in [0.15, 0.2) is 0 Å². The Balaban J connectivity index is 1.49. The third-order valence-corrected chi connectivity index (χ3v) is 6.30. The van der Waals surface area contributed by atoms with Gasteiger partial charge in [0.1, 0.15) is 5.75 Å². The van der Waals surface area contributed by atoms with Crippen LogP contribution in [0.3, 0.4) is 0 Å². The van der Waals surface area contributed by atoms with Crippen LogP contribution in [0.5, 0.6) is 5.75 Å². The Morgan fingerprint density at radius 3 is 1.94 bits per heavy atom. The Hall–Kier alpha value is -4.54. The van der Waals surface area contributed by atoms with Crippen molar-refractivity contribution in [3.8, 4) is 16.9 Å². The fourth-order valence-electron chi connectivity index (χ4n) is 4.66. The maximum atomic E-state index is 8.97. The summed E-state index contributed by atoms with van der Waals surface area (Å²) in [4.78, 5) is 1.83. The molecule has 0 atom stereocenters. The number of rotatable bonds is 6. The maximum absolute atomic E-state index is 8.97. The van der Waals surface area contributed by atoms with Crippen molar-refractivity contribution in [2.75, 3.05) is 4.90 Å². The molecule has 6 aromatic carbocycles. The standard InChI is InChI=1S/C32H23BNO2/c35-33-36-28-20-18-27(19-21-28)34(25-9-2-1-3-10-25)26-16-14-23(15-17-26)32-22-24-8-4-5-11-29(24)30-12-6-7-13-31(30)32/h1-22,35H/i1D,9D,10D. The van der Waals surface area contributed by atoms with Crippen molar-refractivity contribution in [1.82, 2.24) is 0 Å². The molecule has 0 heterocycles. The highest BCUT2D eigenvalue weighted by Crippen LogP contribution is 2.38. The van der Waals surface area contributed by atoms with E-state index in [1.807, 2.05) is 17.0 Å². The first-order valence-corrected chi connectivity index (χ1v) is 11.6. The van der Waals surface area contributed by atoms with Gasteiger partial charge in [0.25, 0.3) is 0 Å². The molecular weight excluding hydrogens is 441 g/mol. The second kappa shape index (κ2) is 9.61. The van der Waals surface area contributed by atoms with Crippen LogP contribution < -0.4 is 9.55 Å². The fraction of sp³-hybridized carbons (Fsp3) is 0. The first kappa shape index (κ1) is 18.8. The molecule has 1 N–H and O–H groups in total. The van der Waals surface area contributed by atoms with Crippen molar-refractivity contribution >= 4 is 46.3 Å². The van der Waals surface area contributed by atoms with Crippen LogP contribution in [-0.2, 0) is 0 Å². The van der Waals surface area contributed by atoms with Crippen LogP contribution in [0.1, 0.15) is 4.11 Å². The van der Waals surface area contributed by atoms with Crippen molar-refractivity contribution < 1.29 is 13.8 Å². The fourth-order valence-corrected chi connectivity index (χ4v) is 4.66. The summed E-state index contributed by atoms with van der Waals surface area (Å²) in [5.74, 6) is 0.457. The van der Waals surface area contributed by atoms with E-state index in [9.17, 15) is 0 Å². The SMILES string of the molecule is [2H]c1cc([2H])c(N(c2ccc(O[B]O)cc2)c2ccc(-c3cc4ccccc4c4ccccc34)cc2)c([2H])c1. The number of hydrogen-bond donors (Lipinski definition) is 1. The number of fused-ring (bicyclic) bond motifs is 3. The highest BCUT2D eigenvalue weighted by atomic mass is 16.5. The summed E-state index contributed by atoms with van der Waals surface area (Å²) >= 11 is 0. The van der Waals surface area contributed by atoms with E-state index in [1.165, 1.54) is 33.7 Å². The van der Waals surface area contributed by atoms with Crippen LogP contribution in [0, 0.1) is 0 Å². The quantitative estimate of drug-likeness (QED) is 0.199. The molecule has 0 saturated heterocycles. The molecular formula is C32H23BNO2. The lowest BCUT2D eigenvalue weighted by atomic mass is 9.93. The largest absolute Gasteiger partial charge is 0.569 e. The van der Waals surface area contributed by atoms with Crippen LogP contribution in [-0.4, -0.2) is 12.7 Å². The van der Waals surface area contributed by atoms with E-state index in [0.717, 1.165) is 16.8 Å². The van der Waals surface area contributed by atoms with E-state index in [1.54, 1.807) is 24.3 Å². The average Bonchev–Trinajstić information content (AvgIpc) is 2.95. The Kier molecular flexibility index (Phi) is 5.00. The van der Waals surface area contributed by atoms with Gasteiger partial charge < -0.3 is 14.6 Å². The van der Waals surface area contributed by atoms with Gasteiger partial charge in [0.2, 0.25) is 0 Å². The molecule has 1 radical (unpaired) electrons. The molecule has 0 aromatic heterocycles. The Morgan fingerprint density at radius 1 is 0.639 bits per heavy atom. The Labute approximate surface area is 215 Å². The summed E-state index contributed by atoms with van der Waals surface area (Å²) in [5.41, 5.74) is 4.04. The number of hydrogen-bond acceptors (Lipinski definition) is 3. The van der Waals surface area contributed by atoms with Gasteiger partial charge in [0, 0.05) is 17.1 Å². The van der Waals surface area contributed by atoms with Gasteiger partial charge >= 0.3 is 7.69 Å². The number of nitrogens with zero attached hydrogens (tertiary/aromatic N) is 1. The van der Waals surface area contributed by atoms with Gasteiger partial charge in [0.05, 0.1) is 4.11 Å². The molecule has 3 nitrogen and oxygen atoms in total. The van der Waals surface area contributed by atoms with Crippen molar-refractivity contribution in [3.63, 3.8) is 0 Å². The normalized spacial score (nSPS) is 12.1. The van der Waals surface area contributed by atoms with Gasteiger partial charge in [-0.2, -0.15) is 0 Å². The van der Waals surface area contributed by atoms with Crippen LogP contribution in [0.15, 0.2) is 133 Å². The van der Waals surface area contributed by atoms with Crippen LogP contribution in [0.4, 0.5) is 17.1 Å². The molecule has 6 aromatic rings. The minimum atomic E-state index is 0.0844. The van der Waals surface area contributed by atoms with E-state index in [-0.39, 0.29) is 18.1 Å². The van der Waals surface area contributed by atoms with Crippen LogP contribution >= 0.6 is 0 Å². The zero-order valence-electron chi connectivity index (χ0n) is 22.3. The molecule has 36 heavy (non-hydrogen) atoms. The Bertz CT molecular complexity index is 1790. The Morgan fingerprint density at radius 2 is 1.25 bits per heavy atom. The second-order valence-corrected chi connectivity index (χ2v) is 8.38. The van der Waals surface area contributed by atoms with Crippen molar-refractivity contribution in [2.45, 2.75) is 0 Å². The predicted octanol–water partition coefficient (Wildman–Crippen LogP) is 8.04. The van der Waals surface area contributed by atoms with Crippen LogP contribution in [0.25, 0.3) is 32.7 Å².